The Bertz CT molecular complexity index is 627. The van der Waals surface area contributed by atoms with Gasteiger partial charge in [0.05, 0.1) is 11.4 Å². The van der Waals surface area contributed by atoms with Gasteiger partial charge in [0, 0.05) is 31.3 Å². The second-order valence-corrected chi connectivity index (χ2v) is 6.60. The maximum Gasteiger partial charge on any atom is 0.230 e. The van der Waals surface area contributed by atoms with Crippen molar-refractivity contribution in [3.8, 4) is 0 Å². The quantitative estimate of drug-likeness (QED) is 0.780. The largest absolute Gasteiger partial charge is 0.396 e. The molecule has 0 aliphatic rings. The summed E-state index contributed by atoms with van der Waals surface area (Å²) in [6, 6.07) is 4.04. The zero-order valence-electron chi connectivity index (χ0n) is 13.1. The number of amides is 1. The predicted octanol–water partition coefficient (Wildman–Crippen LogP) is 2.01. The fourth-order valence-electron chi connectivity index (χ4n) is 2.13. The molecule has 2 aromatic rings. The minimum absolute atomic E-state index is 0.0365. The van der Waals surface area contributed by atoms with Gasteiger partial charge in [-0.05, 0) is 30.9 Å². The third-order valence-electron chi connectivity index (χ3n) is 3.40. The van der Waals surface area contributed by atoms with Crippen LogP contribution in [0.1, 0.15) is 24.6 Å². The molecule has 1 atom stereocenters. The number of thioether (sulfide) groups is 1. The third-order valence-corrected chi connectivity index (χ3v) is 4.37. The first-order valence-corrected chi connectivity index (χ1v) is 8.63. The molecule has 1 unspecified atom stereocenters. The maximum atomic E-state index is 11.7. The summed E-state index contributed by atoms with van der Waals surface area (Å²) in [5.74, 6) is 1.49. The topological polar surface area (TPSA) is 66.6 Å². The van der Waals surface area contributed by atoms with Crippen LogP contribution >= 0.6 is 11.8 Å². The molecule has 2 rings (SSSR count). The van der Waals surface area contributed by atoms with Crippen LogP contribution in [-0.4, -0.2) is 39.3 Å². The van der Waals surface area contributed by atoms with Crippen LogP contribution in [0, 0.1) is 12.8 Å². The number of imidazole rings is 1. The van der Waals surface area contributed by atoms with Crippen LogP contribution in [0.2, 0.25) is 0 Å². The molecule has 0 spiro atoms. The molecule has 120 valence electrons. The summed E-state index contributed by atoms with van der Waals surface area (Å²) in [6.07, 6.45) is 4.77. The molecule has 5 nitrogen and oxygen atoms in total. The van der Waals surface area contributed by atoms with Crippen molar-refractivity contribution < 1.29 is 9.90 Å². The Morgan fingerprint density at radius 3 is 3.05 bits per heavy atom. The minimum Gasteiger partial charge on any atom is -0.396 e. The van der Waals surface area contributed by atoms with Crippen molar-refractivity contribution in [3.63, 3.8) is 0 Å². The van der Waals surface area contributed by atoms with Crippen LogP contribution in [0.4, 0.5) is 0 Å². The molecule has 2 aromatic heterocycles. The van der Waals surface area contributed by atoms with Crippen molar-refractivity contribution in [2.45, 2.75) is 26.0 Å². The summed E-state index contributed by atoms with van der Waals surface area (Å²) in [5, 5.41) is 11.7. The first-order valence-electron chi connectivity index (χ1n) is 7.48. The van der Waals surface area contributed by atoms with E-state index in [0.717, 1.165) is 17.1 Å². The van der Waals surface area contributed by atoms with Gasteiger partial charge in [0.15, 0.2) is 0 Å². The zero-order valence-corrected chi connectivity index (χ0v) is 13.9. The molecule has 0 saturated carbocycles. The van der Waals surface area contributed by atoms with Gasteiger partial charge in [-0.15, -0.1) is 11.8 Å². The van der Waals surface area contributed by atoms with E-state index in [9.17, 15) is 4.79 Å². The van der Waals surface area contributed by atoms with Gasteiger partial charge in [-0.3, -0.25) is 4.79 Å². The summed E-state index contributed by atoms with van der Waals surface area (Å²) < 4.78 is 2.02. The van der Waals surface area contributed by atoms with Crippen molar-refractivity contribution in [1.82, 2.24) is 14.7 Å². The number of pyridine rings is 1. The summed E-state index contributed by atoms with van der Waals surface area (Å²) in [4.78, 5) is 16.3. The minimum atomic E-state index is 0.0365. The van der Waals surface area contributed by atoms with Gasteiger partial charge in [0.25, 0.3) is 0 Å². The number of carbonyl (C=O) groups excluding carboxylic acids is 1. The molecule has 1 amide bonds. The molecule has 0 bridgehead atoms. The normalized spacial score (nSPS) is 12.5. The van der Waals surface area contributed by atoms with Crippen LogP contribution in [0.15, 0.2) is 24.5 Å². The van der Waals surface area contributed by atoms with Gasteiger partial charge in [0.2, 0.25) is 5.91 Å². The number of hydrogen-bond acceptors (Lipinski definition) is 4. The van der Waals surface area contributed by atoms with Crippen molar-refractivity contribution in [2.75, 3.05) is 18.9 Å². The van der Waals surface area contributed by atoms with E-state index in [1.54, 1.807) is 11.8 Å². The van der Waals surface area contributed by atoms with Gasteiger partial charge in [-0.2, -0.15) is 0 Å². The van der Waals surface area contributed by atoms with Crippen LogP contribution in [0.25, 0.3) is 5.65 Å². The Hall–Kier alpha value is -1.53. The second-order valence-electron chi connectivity index (χ2n) is 5.62. The number of rotatable bonds is 8. The number of aromatic nitrogens is 2. The van der Waals surface area contributed by atoms with Crippen LogP contribution in [0.5, 0.6) is 0 Å². The molecule has 0 aromatic carbocycles. The fourth-order valence-corrected chi connectivity index (χ4v) is 2.87. The second kappa shape index (κ2) is 8.19. The lowest BCUT2D eigenvalue weighted by Crippen LogP contribution is -2.30. The van der Waals surface area contributed by atoms with Crippen LogP contribution < -0.4 is 5.32 Å². The fraction of sp³-hybridized carbons (Fsp3) is 0.500. The Morgan fingerprint density at radius 1 is 1.45 bits per heavy atom. The average molecular weight is 321 g/mol. The van der Waals surface area contributed by atoms with Crippen LogP contribution in [0.3, 0.4) is 0 Å². The molecule has 0 aliphatic carbocycles. The summed E-state index contributed by atoms with van der Waals surface area (Å²) >= 11 is 1.56. The smallest absolute Gasteiger partial charge is 0.230 e. The third kappa shape index (κ3) is 5.03. The number of aliphatic hydroxyl groups is 1. The molecule has 0 saturated heterocycles. The lowest BCUT2D eigenvalue weighted by molar-refractivity contribution is -0.118. The Labute approximate surface area is 135 Å². The highest BCUT2D eigenvalue weighted by atomic mass is 32.2. The summed E-state index contributed by atoms with van der Waals surface area (Å²) in [6.45, 7) is 4.85. The van der Waals surface area contributed by atoms with Crippen molar-refractivity contribution in [3.05, 3.63) is 35.8 Å². The van der Waals surface area contributed by atoms with E-state index >= 15 is 0 Å². The van der Waals surface area contributed by atoms with Gasteiger partial charge in [-0.1, -0.05) is 13.0 Å². The summed E-state index contributed by atoms with van der Waals surface area (Å²) in [7, 11) is 0. The highest BCUT2D eigenvalue weighted by molar-refractivity contribution is 7.99. The summed E-state index contributed by atoms with van der Waals surface area (Å²) in [5.41, 5.74) is 3.11. The molecule has 0 radical (unpaired) electrons. The van der Waals surface area contributed by atoms with E-state index in [-0.39, 0.29) is 12.5 Å². The number of nitrogens with one attached hydrogen (secondary N) is 1. The molecule has 2 heterocycles. The van der Waals surface area contributed by atoms with Crippen LogP contribution in [-0.2, 0) is 10.5 Å². The lowest BCUT2D eigenvalue weighted by Gasteiger charge is -2.10. The predicted molar refractivity (Wildman–Crippen MR) is 90.0 cm³/mol. The van der Waals surface area contributed by atoms with E-state index in [2.05, 4.69) is 17.2 Å². The molecular formula is C16H23N3O2S. The molecule has 22 heavy (non-hydrogen) atoms. The molecule has 2 N–H and O–H groups in total. The van der Waals surface area contributed by atoms with Crippen molar-refractivity contribution >= 4 is 23.3 Å². The van der Waals surface area contributed by atoms with E-state index < -0.39 is 0 Å². The van der Waals surface area contributed by atoms with E-state index in [1.807, 2.05) is 35.9 Å². The van der Waals surface area contributed by atoms with Gasteiger partial charge < -0.3 is 14.8 Å². The Morgan fingerprint density at radius 2 is 2.27 bits per heavy atom. The molecule has 6 heteroatoms. The van der Waals surface area contributed by atoms with Gasteiger partial charge in [0.1, 0.15) is 5.65 Å². The lowest BCUT2D eigenvalue weighted by atomic mass is 10.1. The number of aliphatic hydroxyl groups excluding tert-OH is 1. The highest BCUT2D eigenvalue weighted by Crippen LogP contribution is 2.13. The van der Waals surface area contributed by atoms with Gasteiger partial charge >= 0.3 is 0 Å². The number of carbonyl (C=O) groups is 1. The SMILES string of the molecule is Cc1ccc2nc(CSCC(=O)NCC(C)CCO)cn2c1. The average Bonchev–Trinajstić information content (AvgIpc) is 2.87. The maximum absolute atomic E-state index is 11.7. The van der Waals surface area contributed by atoms with E-state index in [0.29, 0.717) is 24.6 Å². The zero-order chi connectivity index (χ0) is 15.9. The Balaban J connectivity index is 1.74. The molecule has 0 fully saturated rings. The van der Waals surface area contributed by atoms with E-state index in [4.69, 9.17) is 5.11 Å². The number of hydrogen-bond donors (Lipinski definition) is 2. The molecular weight excluding hydrogens is 298 g/mol. The monoisotopic (exact) mass is 321 g/mol. The number of aryl methyl sites for hydroxylation is 1. The van der Waals surface area contributed by atoms with Crippen molar-refractivity contribution in [1.29, 1.82) is 0 Å². The highest BCUT2D eigenvalue weighted by Gasteiger charge is 2.07. The van der Waals surface area contributed by atoms with Gasteiger partial charge in [-0.25, -0.2) is 4.98 Å². The number of fused-ring (bicyclic) bond motifs is 1. The Kier molecular flexibility index (Phi) is 6.27. The molecule has 0 aliphatic heterocycles. The van der Waals surface area contributed by atoms with E-state index in [1.165, 1.54) is 5.56 Å². The van der Waals surface area contributed by atoms with Crippen molar-refractivity contribution in [2.24, 2.45) is 5.92 Å². The standard InChI is InChI=1S/C16H23N3O2S/c1-12(5-6-20)7-17-16(21)11-22-10-14-9-19-8-13(2)3-4-15(19)18-14/h3-4,8-9,12,20H,5-7,10-11H2,1-2H3,(H,17,21). The first kappa shape index (κ1) is 16.8. The number of nitrogens with zero attached hydrogens (tertiary/aromatic N) is 2. The first-order chi connectivity index (χ1) is 10.6.